The smallest absolute Gasteiger partial charge is 0.405 e. The predicted octanol–water partition coefficient (Wildman–Crippen LogP) is 1.14. The number of ether oxygens (including phenoxy) is 2. The van der Waals surface area contributed by atoms with Crippen LogP contribution in [0.4, 0.5) is 4.79 Å². The maximum absolute atomic E-state index is 12.1. The van der Waals surface area contributed by atoms with E-state index in [4.69, 9.17) is 14.6 Å². The van der Waals surface area contributed by atoms with Crippen molar-refractivity contribution in [2.45, 2.75) is 44.8 Å². The van der Waals surface area contributed by atoms with Crippen LogP contribution in [0.15, 0.2) is 0 Å². The highest BCUT2D eigenvalue weighted by Crippen LogP contribution is 2.24. The van der Waals surface area contributed by atoms with Crippen molar-refractivity contribution in [3.05, 3.63) is 0 Å². The van der Waals surface area contributed by atoms with Crippen LogP contribution in [-0.4, -0.2) is 41.5 Å². The molecule has 98 valence electrons. The third-order valence-corrected chi connectivity index (χ3v) is 2.48. The maximum atomic E-state index is 12.1. The molecule has 0 aliphatic carbocycles. The molecule has 1 amide bonds. The first-order chi connectivity index (χ1) is 7.75. The minimum atomic E-state index is -1.22. The largest absolute Gasteiger partial charge is 0.465 e. The van der Waals surface area contributed by atoms with E-state index in [1.165, 1.54) is 0 Å². The van der Waals surface area contributed by atoms with E-state index in [9.17, 15) is 9.59 Å². The Morgan fingerprint density at radius 2 is 1.82 bits per heavy atom. The Bertz CT molecular complexity index is 301. The summed E-state index contributed by atoms with van der Waals surface area (Å²) in [5.41, 5.74) is -1.81. The lowest BCUT2D eigenvalue weighted by molar-refractivity contribution is -0.167. The Kier molecular flexibility index (Phi) is 3.98. The molecule has 1 rings (SSSR count). The number of carbonyl (C=O) groups is 2. The van der Waals surface area contributed by atoms with Crippen molar-refractivity contribution < 1.29 is 24.2 Å². The molecule has 2 N–H and O–H groups in total. The van der Waals surface area contributed by atoms with E-state index in [0.29, 0.717) is 26.1 Å². The van der Waals surface area contributed by atoms with Crippen LogP contribution in [-0.2, 0) is 14.3 Å². The lowest BCUT2D eigenvalue weighted by Gasteiger charge is -2.36. The Hall–Kier alpha value is -1.30. The molecule has 6 heteroatoms. The summed E-state index contributed by atoms with van der Waals surface area (Å²) >= 11 is 0. The van der Waals surface area contributed by atoms with Gasteiger partial charge in [-0.2, -0.15) is 0 Å². The summed E-state index contributed by atoms with van der Waals surface area (Å²) < 4.78 is 10.4. The summed E-state index contributed by atoms with van der Waals surface area (Å²) in [5, 5.41) is 11.1. The molecular formula is C11H19NO5. The van der Waals surface area contributed by atoms with E-state index in [0.717, 1.165) is 0 Å². The molecule has 0 spiro atoms. The molecule has 0 saturated carbocycles. The van der Waals surface area contributed by atoms with Crippen LogP contribution in [0.3, 0.4) is 0 Å². The number of carbonyl (C=O) groups excluding carboxylic acids is 1. The molecule has 0 aromatic rings. The Morgan fingerprint density at radius 3 is 2.24 bits per heavy atom. The van der Waals surface area contributed by atoms with Crippen LogP contribution in [0, 0.1) is 0 Å². The summed E-state index contributed by atoms with van der Waals surface area (Å²) in [4.78, 5) is 22.9. The molecule has 0 aromatic carbocycles. The fourth-order valence-corrected chi connectivity index (χ4v) is 1.68. The van der Waals surface area contributed by atoms with Gasteiger partial charge in [0.05, 0.1) is 0 Å². The minimum Gasteiger partial charge on any atom is -0.465 e. The van der Waals surface area contributed by atoms with Gasteiger partial charge in [0.15, 0.2) is 0 Å². The summed E-state index contributed by atoms with van der Waals surface area (Å²) in [7, 11) is 0. The lowest BCUT2D eigenvalue weighted by atomic mass is 9.90. The van der Waals surface area contributed by atoms with Crippen LogP contribution in [0.2, 0.25) is 0 Å². The zero-order valence-corrected chi connectivity index (χ0v) is 10.4. The Morgan fingerprint density at radius 1 is 1.29 bits per heavy atom. The number of amides is 1. The molecule has 1 heterocycles. The highest BCUT2D eigenvalue weighted by molar-refractivity contribution is 5.85. The molecule has 1 saturated heterocycles. The average molecular weight is 245 g/mol. The van der Waals surface area contributed by atoms with Crippen LogP contribution in [0.25, 0.3) is 0 Å². The molecule has 17 heavy (non-hydrogen) atoms. The molecule has 6 nitrogen and oxygen atoms in total. The number of rotatable bonds is 2. The normalized spacial score (nSPS) is 19.5. The first-order valence-electron chi connectivity index (χ1n) is 5.57. The van der Waals surface area contributed by atoms with Crippen molar-refractivity contribution >= 4 is 12.1 Å². The number of nitrogens with one attached hydrogen (secondary N) is 1. The monoisotopic (exact) mass is 245 g/mol. The summed E-state index contributed by atoms with van der Waals surface area (Å²) in [6, 6.07) is 0. The van der Waals surface area contributed by atoms with E-state index in [2.05, 4.69) is 5.32 Å². The van der Waals surface area contributed by atoms with E-state index in [1.807, 2.05) is 0 Å². The molecular weight excluding hydrogens is 226 g/mol. The van der Waals surface area contributed by atoms with Crippen molar-refractivity contribution in [3.63, 3.8) is 0 Å². The molecule has 0 bridgehead atoms. The Labute approximate surface area is 100 Å². The topological polar surface area (TPSA) is 84.9 Å². The van der Waals surface area contributed by atoms with Crippen LogP contribution in [0.5, 0.6) is 0 Å². The van der Waals surface area contributed by atoms with Crippen LogP contribution < -0.4 is 5.32 Å². The van der Waals surface area contributed by atoms with Gasteiger partial charge in [-0.25, -0.2) is 9.59 Å². The molecule has 1 fully saturated rings. The van der Waals surface area contributed by atoms with Gasteiger partial charge in [-0.15, -0.1) is 0 Å². The van der Waals surface area contributed by atoms with E-state index in [1.54, 1.807) is 20.8 Å². The van der Waals surface area contributed by atoms with Gasteiger partial charge in [0.25, 0.3) is 0 Å². The SMILES string of the molecule is CC(C)(C)OC(=O)C1(NC(=O)O)CCOCC1. The fourth-order valence-electron chi connectivity index (χ4n) is 1.68. The molecule has 0 radical (unpaired) electrons. The van der Waals surface area contributed by atoms with Crippen molar-refractivity contribution in [1.82, 2.24) is 5.32 Å². The highest BCUT2D eigenvalue weighted by Gasteiger charge is 2.44. The standard InChI is InChI=1S/C11H19NO5/c1-10(2,3)17-8(13)11(12-9(14)15)4-6-16-7-5-11/h12H,4-7H2,1-3H3,(H,14,15). The summed E-state index contributed by atoms with van der Waals surface area (Å²) in [6.07, 6.45) is -0.625. The second-order valence-electron chi connectivity index (χ2n) is 5.13. The first-order valence-corrected chi connectivity index (χ1v) is 5.57. The van der Waals surface area contributed by atoms with Gasteiger partial charge in [-0.1, -0.05) is 0 Å². The van der Waals surface area contributed by atoms with E-state index < -0.39 is 23.2 Å². The first kappa shape index (κ1) is 13.8. The predicted molar refractivity (Wildman–Crippen MR) is 59.8 cm³/mol. The maximum Gasteiger partial charge on any atom is 0.405 e. The van der Waals surface area contributed by atoms with Crippen molar-refractivity contribution in [3.8, 4) is 0 Å². The van der Waals surface area contributed by atoms with Gasteiger partial charge >= 0.3 is 12.1 Å². The fraction of sp³-hybridized carbons (Fsp3) is 0.818. The van der Waals surface area contributed by atoms with Gasteiger partial charge in [0.1, 0.15) is 11.1 Å². The third-order valence-electron chi connectivity index (χ3n) is 2.48. The van der Waals surface area contributed by atoms with Gasteiger partial charge in [0.2, 0.25) is 0 Å². The minimum absolute atomic E-state index is 0.300. The lowest BCUT2D eigenvalue weighted by Crippen LogP contribution is -2.58. The molecule has 1 aliphatic heterocycles. The van der Waals surface area contributed by atoms with Gasteiger partial charge in [-0.3, -0.25) is 0 Å². The quantitative estimate of drug-likeness (QED) is 0.713. The highest BCUT2D eigenvalue weighted by atomic mass is 16.6. The number of hydrogen-bond acceptors (Lipinski definition) is 4. The molecule has 0 aromatic heterocycles. The van der Waals surface area contributed by atoms with E-state index in [-0.39, 0.29) is 0 Å². The molecule has 0 atom stereocenters. The molecule has 0 unspecified atom stereocenters. The summed E-state index contributed by atoms with van der Waals surface area (Å²) in [5.74, 6) is -0.532. The van der Waals surface area contributed by atoms with Gasteiger partial charge in [0, 0.05) is 26.1 Å². The third kappa shape index (κ3) is 3.89. The van der Waals surface area contributed by atoms with Gasteiger partial charge in [-0.05, 0) is 20.8 Å². The number of carboxylic acid groups (broad SMARTS) is 1. The van der Waals surface area contributed by atoms with E-state index >= 15 is 0 Å². The van der Waals surface area contributed by atoms with Gasteiger partial charge < -0.3 is 19.9 Å². The number of esters is 1. The second kappa shape index (κ2) is 4.91. The van der Waals surface area contributed by atoms with Crippen molar-refractivity contribution in [2.24, 2.45) is 0 Å². The summed E-state index contributed by atoms with van der Waals surface area (Å²) in [6.45, 7) is 5.94. The average Bonchev–Trinajstić information content (AvgIpc) is 2.15. The Balaban J connectivity index is 2.81. The van der Waals surface area contributed by atoms with Crippen molar-refractivity contribution in [2.75, 3.05) is 13.2 Å². The second-order valence-corrected chi connectivity index (χ2v) is 5.13. The van der Waals surface area contributed by atoms with Crippen LogP contribution >= 0.6 is 0 Å². The zero-order chi connectivity index (χ0) is 13.1. The van der Waals surface area contributed by atoms with Crippen molar-refractivity contribution in [1.29, 1.82) is 0 Å². The zero-order valence-electron chi connectivity index (χ0n) is 10.4. The molecule has 1 aliphatic rings. The van der Waals surface area contributed by atoms with Crippen LogP contribution in [0.1, 0.15) is 33.6 Å². The number of hydrogen-bond donors (Lipinski definition) is 2.